The SMILES string of the molecule is NCCC(CCN)C[C@H](NC(=O)c1ccc(-c2ccccc2)cc1)C(=O)NO. The first kappa shape index (κ1) is 21.6. The molecule has 0 unspecified atom stereocenters. The second kappa shape index (κ2) is 11.2. The number of carbonyl (C=O) groups is 2. The zero-order chi connectivity index (χ0) is 20.4. The Labute approximate surface area is 165 Å². The van der Waals surface area contributed by atoms with Crippen LogP contribution in [0.5, 0.6) is 0 Å². The third-order valence-corrected chi connectivity index (χ3v) is 4.71. The number of hydroxylamine groups is 1. The highest BCUT2D eigenvalue weighted by atomic mass is 16.5. The molecule has 0 saturated heterocycles. The van der Waals surface area contributed by atoms with Gasteiger partial charge in [-0.3, -0.25) is 14.8 Å². The van der Waals surface area contributed by atoms with Crippen LogP contribution < -0.4 is 22.3 Å². The van der Waals surface area contributed by atoms with Crippen molar-refractivity contribution in [2.45, 2.75) is 25.3 Å². The number of nitrogens with one attached hydrogen (secondary N) is 2. The van der Waals surface area contributed by atoms with Crippen LogP contribution in [0, 0.1) is 5.92 Å². The second-order valence-electron chi connectivity index (χ2n) is 6.70. The number of carbonyl (C=O) groups excluding carboxylic acids is 2. The van der Waals surface area contributed by atoms with Gasteiger partial charge in [0.2, 0.25) is 0 Å². The van der Waals surface area contributed by atoms with Gasteiger partial charge in [-0.25, -0.2) is 5.48 Å². The molecule has 2 aromatic carbocycles. The summed E-state index contributed by atoms with van der Waals surface area (Å²) >= 11 is 0. The summed E-state index contributed by atoms with van der Waals surface area (Å²) in [5.41, 5.74) is 15.3. The molecule has 2 rings (SSSR count). The van der Waals surface area contributed by atoms with Gasteiger partial charge in [0.15, 0.2) is 0 Å². The first-order valence-electron chi connectivity index (χ1n) is 9.39. The molecule has 150 valence electrons. The van der Waals surface area contributed by atoms with Crippen molar-refractivity contribution >= 4 is 11.8 Å². The van der Waals surface area contributed by atoms with Crippen LogP contribution in [0.1, 0.15) is 29.6 Å². The van der Waals surface area contributed by atoms with Crippen LogP contribution >= 0.6 is 0 Å². The lowest BCUT2D eigenvalue weighted by Gasteiger charge is -2.22. The lowest BCUT2D eigenvalue weighted by molar-refractivity contribution is -0.131. The highest BCUT2D eigenvalue weighted by molar-refractivity contribution is 5.97. The molecule has 0 spiro atoms. The molecule has 0 bridgehead atoms. The predicted molar refractivity (Wildman–Crippen MR) is 109 cm³/mol. The van der Waals surface area contributed by atoms with Crippen LogP contribution in [0.25, 0.3) is 11.1 Å². The summed E-state index contributed by atoms with van der Waals surface area (Å²) in [7, 11) is 0. The molecular formula is C21H28N4O3. The molecule has 0 fully saturated rings. The minimum atomic E-state index is -0.866. The van der Waals surface area contributed by atoms with E-state index >= 15 is 0 Å². The molecule has 0 aliphatic carbocycles. The van der Waals surface area contributed by atoms with Crippen molar-refractivity contribution in [3.63, 3.8) is 0 Å². The number of amides is 2. The van der Waals surface area contributed by atoms with E-state index < -0.39 is 11.9 Å². The van der Waals surface area contributed by atoms with Crippen molar-refractivity contribution in [3.8, 4) is 11.1 Å². The second-order valence-corrected chi connectivity index (χ2v) is 6.70. The van der Waals surface area contributed by atoms with Crippen LogP contribution in [-0.4, -0.2) is 36.2 Å². The maximum Gasteiger partial charge on any atom is 0.265 e. The van der Waals surface area contributed by atoms with Gasteiger partial charge in [0.25, 0.3) is 11.8 Å². The van der Waals surface area contributed by atoms with Gasteiger partial charge in [0.1, 0.15) is 6.04 Å². The Morgan fingerprint density at radius 3 is 2.00 bits per heavy atom. The number of benzene rings is 2. The van der Waals surface area contributed by atoms with E-state index in [1.54, 1.807) is 17.6 Å². The van der Waals surface area contributed by atoms with E-state index in [1.165, 1.54) is 0 Å². The van der Waals surface area contributed by atoms with E-state index in [9.17, 15) is 9.59 Å². The fraction of sp³-hybridized carbons (Fsp3) is 0.333. The minimum Gasteiger partial charge on any atom is -0.340 e. The summed E-state index contributed by atoms with van der Waals surface area (Å²) in [4.78, 5) is 24.6. The fourth-order valence-corrected chi connectivity index (χ4v) is 3.18. The molecule has 7 N–H and O–H groups in total. The van der Waals surface area contributed by atoms with Crippen LogP contribution in [0.3, 0.4) is 0 Å². The average molecular weight is 384 g/mol. The van der Waals surface area contributed by atoms with E-state index in [0.29, 0.717) is 37.9 Å². The van der Waals surface area contributed by atoms with Gasteiger partial charge in [-0.05, 0) is 61.5 Å². The maximum absolute atomic E-state index is 12.6. The summed E-state index contributed by atoms with van der Waals surface area (Å²) in [5, 5.41) is 11.7. The van der Waals surface area contributed by atoms with E-state index in [4.69, 9.17) is 16.7 Å². The highest BCUT2D eigenvalue weighted by Gasteiger charge is 2.24. The van der Waals surface area contributed by atoms with Crippen LogP contribution in [0.15, 0.2) is 54.6 Å². The summed E-state index contributed by atoms with van der Waals surface area (Å²) in [6.45, 7) is 0.931. The molecule has 0 aliphatic heterocycles. The van der Waals surface area contributed by atoms with Crippen LogP contribution in [0.2, 0.25) is 0 Å². The molecule has 0 aromatic heterocycles. The smallest absolute Gasteiger partial charge is 0.265 e. The monoisotopic (exact) mass is 384 g/mol. The van der Waals surface area contributed by atoms with E-state index in [0.717, 1.165) is 11.1 Å². The Balaban J connectivity index is 2.08. The topological polar surface area (TPSA) is 130 Å². The molecule has 7 nitrogen and oxygen atoms in total. The highest BCUT2D eigenvalue weighted by Crippen LogP contribution is 2.20. The van der Waals surface area contributed by atoms with Gasteiger partial charge in [-0.1, -0.05) is 42.5 Å². The summed E-state index contributed by atoms with van der Waals surface area (Å²) in [6.07, 6.45) is 1.73. The molecule has 0 aliphatic rings. The van der Waals surface area contributed by atoms with Crippen LogP contribution in [0.4, 0.5) is 0 Å². The van der Waals surface area contributed by atoms with Crippen LogP contribution in [-0.2, 0) is 4.79 Å². The fourth-order valence-electron chi connectivity index (χ4n) is 3.18. The lowest BCUT2D eigenvalue weighted by Crippen LogP contribution is -2.47. The largest absolute Gasteiger partial charge is 0.340 e. The molecule has 0 radical (unpaired) electrons. The van der Waals surface area contributed by atoms with Gasteiger partial charge in [-0.2, -0.15) is 0 Å². The maximum atomic E-state index is 12.6. The predicted octanol–water partition coefficient (Wildman–Crippen LogP) is 1.66. The van der Waals surface area contributed by atoms with Crippen molar-refractivity contribution in [2.24, 2.45) is 17.4 Å². The Hall–Kier alpha value is -2.74. The van der Waals surface area contributed by atoms with Crippen molar-refractivity contribution in [1.82, 2.24) is 10.8 Å². The third kappa shape index (κ3) is 6.16. The van der Waals surface area contributed by atoms with E-state index in [1.807, 2.05) is 42.5 Å². The Kier molecular flexibility index (Phi) is 8.61. The third-order valence-electron chi connectivity index (χ3n) is 4.71. The molecule has 7 heteroatoms. The number of hydrogen-bond donors (Lipinski definition) is 5. The number of rotatable bonds is 10. The number of nitrogens with two attached hydrogens (primary N) is 2. The first-order valence-corrected chi connectivity index (χ1v) is 9.39. The molecule has 0 heterocycles. The van der Waals surface area contributed by atoms with Gasteiger partial charge < -0.3 is 16.8 Å². The Morgan fingerprint density at radius 2 is 1.46 bits per heavy atom. The summed E-state index contributed by atoms with van der Waals surface area (Å²) in [6, 6.07) is 16.1. The van der Waals surface area contributed by atoms with Gasteiger partial charge in [-0.15, -0.1) is 0 Å². The molecule has 28 heavy (non-hydrogen) atoms. The normalized spacial score (nSPS) is 11.9. The first-order chi connectivity index (χ1) is 13.6. The van der Waals surface area contributed by atoms with Gasteiger partial charge in [0.05, 0.1) is 0 Å². The quantitative estimate of drug-likeness (QED) is 0.314. The Bertz CT molecular complexity index is 744. The molecule has 0 saturated carbocycles. The van der Waals surface area contributed by atoms with Gasteiger partial charge in [0, 0.05) is 5.56 Å². The van der Waals surface area contributed by atoms with Crippen molar-refractivity contribution < 1.29 is 14.8 Å². The lowest BCUT2D eigenvalue weighted by atomic mass is 9.92. The minimum absolute atomic E-state index is 0.0815. The van der Waals surface area contributed by atoms with E-state index in [-0.39, 0.29) is 11.8 Å². The van der Waals surface area contributed by atoms with Gasteiger partial charge >= 0.3 is 0 Å². The molecule has 1 atom stereocenters. The van der Waals surface area contributed by atoms with Crippen molar-refractivity contribution in [3.05, 3.63) is 60.2 Å². The van der Waals surface area contributed by atoms with E-state index in [2.05, 4.69) is 5.32 Å². The Morgan fingerprint density at radius 1 is 0.893 bits per heavy atom. The zero-order valence-electron chi connectivity index (χ0n) is 15.8. The van der Waals surface area contributed by atoms with Crippen molar-refractivity contribution in [2.75, 3.05) is 13.1 Å². The average Bonchev–Trinajstić information content (AvgIpc) is 2.73. The zero-order valence-corrected chi connectivity index (χ0v) is 15.8. The molecule has 2 amide bonds. The van der Waals surface area contributed by atoms with Crippen molar-refractivity contribution in [1.29, 1.82) is 0 Å². The molecule has 2 aromatic rings. The standard InChI is InChI=1S/C21H28N4O3/c22-12-10-15(11-13-23)14-19(21(27)25-28)24-20(26)18-8-6-17(7-9-18)16-4-2-1-3-5-16/h1-9,15,19,28H,10-14,22-23H2,(H,24,26)(H,25,27)/t19-/m0/s1. The summed E-state index contributed by atoms with van der Waals surface area (Å²) in [5.74, 6) is -0.959. The molecular weight excluding hydrogens is 356 g/mol. The summed E-state index contributed by atoms with van der Waals surface area (Å²) < 4.78 is 0. The number of hydrogen-bond acceptors (Lipinski definition) is 5.